The Kier molecular flexibility index (Phi) is 8.26. The molecule has 166 valence electrons. The van der Waals surface area contributed by atoms with E-state index in [-0.39, 0.29) is 12.2 Å². The summed E-state index contributed by atoms with van der Waals surface area (Å²) in [4.78, 5) is 24.8. The lowest BCUT2D eigenvalue weighted by molar-refractivity contribution is -0.127. The fraction of sp³-hybridized carbons (Fsp3) is 0.259. The highest BCUT2D eigenvalue weighted by molar-refractivity contribution is 8.00. The van der Waals surface area contributed by atoms with Gasteiger partial charge in [0.05, 0.1) is 16.7 Å². The van der Waals surface area contributed by atoms with Crippen molar-refractivity contribution < 1.29 is 9.59 Å². The molecule has 3 rings (SSSR count). The largest absolute Gasteiger partial charge is 0.369 e. The molecule has 5 heteroatoms. The van der Waals surface area contributed by atoms with Gasteiger partial charge in [-0.1, -0.05) is 97.9 Å². The van der Waals surface area contributed by atoms with Gasteiger partial charge < -0.3 is 11.5 Å². The van der Waals surface area contributed by atoms with Crippen molar-refractivity contribution in [3.8, 4) is 0 Å². The average Bonchev–Trinajstić information content (AvgIpc) is 2.84. The van der Waals surface area contributed by atoms with Crippen LogP contribution in [0.5, 0.6) is 0 Å². The smallest absolute Gasteiger partial charge is 0.221 e. The van der Waals surface area contributed by atoms with Crippen molar-refractivity contribution in [2.75, 3.05) is 5.75 Å². The van der Waals surface area contributed by atoms with Crippen LogP contribution in [0.2, 0.25) is 0 Å². The molecular weight excluding hydrogens is 416 g/mol. The molecule has 4 nitrogen and oxygen atoms in total. The molecule has 3 aromatic rings. The monoisotopic (exact) mass is 446 g/mol. The molecule has 1 amide bonds. The van der Waals surface area contributed by atoms with Crippen LogP contribution < -0.4 is 11.5 Å². The second kappa shape index (κ2) is 11.1. The van der Waals surface area contributed by atoms with Gasteiger partial charge in [0, 0.05) is 12.2 Å². The Morgan fingerprint density at radius 3 is 1.56 bits per heavy atom. The fourth-order valence-corrected chi connectivity index (χ4v) is 5.50. The van der Waals surface area contributed by atoms with Crippen LogP contribution in [0.15, 0.2) is 91.0 Å². The topological polar surface area (TPSA) is 86.2 Å². The minimum atomic E-state index is -0.597. The van der Waals surface area contributed by atoms with Crippen LogP contribution in [-0.4, -0.2) is 23.5 Å². The van der Waals surface area contributed by atoms with E-state index in [4.69, 9.17) is 11.5 Å². The van der Waals surface area contributed by atoms with Gasteiger partial charge in [-0.2, -0.15) is 0 Å². The van der Waals surface area contributed by atoms with E-state index in [1.54, 1.807) is 11.8 Å². The molecule has 3 aromatic carbocycles. The van der Waals surface area contributed by atoms with Gasteiger partial charge >= 0.3 is 0 Å². The van der Waals surface area contributed by atoms with E-state index in [9.17, 15) is 9.59 Å². The number of amides is 1. The molecule has 0 aliphatic heterocycles. The van der Waals surface area contributed by atoms with Crippen LogP contribution in [-0.2, 0) is 14.3 Å². The Morgan fingerprint density at radius 1 is 0.812 bits per heavy atom. The number of Topliss-reactive ketones (excluding diaryl/α,β-unsaturated/α-hetero) is 1. The van der Waals surface area contributed by atoms with Crippen LogP contribution in [0.25, 0.3) is 0 Å². The molecule has 0 heterocycles. The molecule has 0 bridgehead atoms. The van der Waals surface area contributed by atoms with Crippen LogP contribution in [0.1, 0.15) is 36.5 Å². The normalized spacial score (nSPS) is 13.3. The van der Waals surface area contributed by atoms with Gasteiger partial charge in [-0.3, -0.25) is 9.59 Å². The van der Waals surface area contributed by atoms with Gasteiger partial charge in [0.1, 0.15) is 5.78 Å². The molecule has 0 radical (unpaired) electrons. The van der Waals surface area contributed by atoms with Gasteiger partial charge in [0.25, 0.3) is 0 Å². The minimum absolute atomic E-state index is 0.0613. The lowest BCUT2D eigenvalue weighted by Gasteiger charge is -2.36. The number of thioether (sulfide) groups is 1. The predicted molar refractivity (Wildman–Crippen MR) is 132 cm³/mol. The van der Waals surface area contributed by atoms with E-state index in [0.29, 0.717) is 12.2 Å². The minimum Gasteiger partial charge on any atom is -0.369 e. The first-order chi connectivity index (χ1) is 15.5. The number of hydrogen-bond acceptors (Lipinski definition) is 4. The van der Waals surface area contributed by atoms with Crippen molar-refractivity contribution in [1.82, 2.24) is 0 Å². The predicted octanol–water partition coefficient (Wildman–Crippen LogP) is 4.51. The van der Waals surface area contributed by atoms with E-state index in [0.717, 1.165) is 16.7 Å². The van der Waals surface area contributed by atoms with Crippen LogP contribution in [0, 0.1) is 5.92 Å². The molecule has 2 atom stereocenters. The Morgan fingerprint density at radius 2 is 1.22 bits per heavy atom. The Hall–Kier alpha value is -2.89. The first kappa shape index (κ1) is 23.8. The fourth-order valence-electron chi connectivity index (χ4n) is 3.86. The first-order valence-electron chi connectivity index (χ1n) is 10.9. The van der Waals surface area contributed by atoms with E-state index in [1.807, 2.05) is 61.5 Å². The zero-order valence-electron chi connectivity index (χ0n) is 18.3. The second-order valence-corrected chi connectivity index (χ2v) is 9.11. The summed E-state index contributed by atoms with van der Waals surface area (Å²) in [6, 6.07) is 30.1. The number of ketones is 1. The summed E-state index contributed by atoms with van der Waals surface area (Å²) >= 11 is 1.63. The quantitative estimate of drug-likeness (QED) is 0.424. The summed E-state index contributed by atoms with van der Waals surface area (Å²) < 4.78 is -0.562. The molecule has 0 aliphatic carbocycles. The molecule has 0 saturated carbocycles. The molecule has 4 N–H and O–H groups in total. The average molecular weight is 447 g/mol. The summed E-state index contributed by atoms with van der Waals surface area (Å²) in [5, 5.41) is 0. The van der Waals surface area contributed by atoms with E-state index in [2.05, 4.69) is 36.4 Å². The van der Waals surface area contributed by atoms with Gasteiger partial charge in [0.2, 0.25) is 5.91 Å². The van der Waals surface area contributed by atoms with Crippen LogP contribution >= 0.6 is 11.8 Å². The van der Waals surface area contributed by atoms with Gasteiger partial charge in [0.15, 0.2) is 0 Å². The summed E-state index contributed by atoms with van der Waals surface area (Å²) in [5.41, 5.74) is 14.9. The number of benzene rings is 3. The summed E-state index contributed by atoms with van der Waals surface area (Å²) in [5.74, 6) is -0.796. The Bertz CT molecular complexity index is 913. The molecule has 0 aromatic heterocycles. The van der Waals surface area contributed by atoms with Crippen molar-refractivity contribution in [2.45, 2.75) is 30.6 Å². The lowest BCUT2D eigenvalue weighted by atomic mass is 9.84. The van der Waals surface area contributed by atoms with Crippen LogP contribution in [0.4, 0.5) is 0 Å². The number of rotatable bonds is 11. The highest BCUT2D eigenvalue weighted by Crippen LogP contribution is 2.49. The van der Waals surface area contributed by atoms with Crippen molar-refractivity contribution in [1.29, 1.82) is 0 Å². The molecule has 32 heavy (non-hydrogen) atoms. The third-order valence-corrected chi connectivity index (χ3v) is 7.45. The lowest BCUT2D eigenvalue weighted by Crippen LogP contribution is -2.36. The molecule has 0 spiro atoms. The highest BCUT2D eigenvalue weighted by atomic mass is 32.2. The summed E-state index contributed by atoms with van der Waals surface area (Å²) in [6.45, 7) is 1.86. The number of nitrogens with two attached hydrogens (primary N) is 2. The Balaban J connectivity index is 2.06. The first-order valence-corrected chi connectivity index (χ1v) is 11.9. The number of carbonyl (C=O) groups is 2. The summed E-state index contributed by atoms with van der Waals surface area (Å²) in [6.07, 6.45) is 0.602. The highest BCUT2D eigenvalue weighted by Gasteiger charge is 2.38. The SMILES string of the molecule is CC[C@@H](N)C(=O)C[C@H](CSC(c1ccccc1)(c1ccccc1)c1ccccc1)C(N)=O. The number of primary amides is 1. The van der Waals surface area contributed by atoms with E-state index >= 15 is 0 Å². The number of hydrogen-bond donors (Lipinski definition) is 2. The maximum Gasteiger partial charge on any atom is 0.221 e. The molecule has 0 saturated heterocycles. The Labute approximate surface area is 194 Å². The summed E-state index contributed by atoms with van der Waals surface area (Å²) in [7, 11) is 0. The van der Waals surface area contributed by atoms with Gasteiger partial charge in [-0.25, -0.2) is 0 Å². The standard InChI is InChI=1S/C27H30N2O2S/c1-2-24(28)25(30)18-20(26(29)31)19-32-27(21-12-6-3-7-13-21,22-14-8-4-9-15-22)23-16-10-5-11-17-23/h3-17,20,24H,2,18-19,28H2,1H3,(H2,29,31)/t20-,24-/m1/s1. The van der Waals surface area contributed by atoms with Crippen molar-refractivity contribution >= 4 is 23.5 Å². The maximum absolute atomic E-state index is 12.5. The van der Waals surface area contributed by atoms with Gasteiger partial charge in [-0.15, -0.1) is 11.8 Å². The third-order valence-electron chi connectivity index (χ3n) is 5.75. The molecular formula is C27H30N2O2S. The van der Waals surface area contributed by atoms with E-state index < -0.39 is 22.6 Å². The second-order valence-electron chi connectivity index (χ2n) is 7.87. The molecule has 0 fully saturated rings. The third kappa shape index (κ3) is 5.29. The number of carbonyl (C=O) groups excluding carboxylic acids is 2. The molecule has 0 unspecified atom stereocenters. The zero-order valence-corrected chi connectivity index (χ0v) is 19.1. The van der Waals surface area contributed by atoms with Crippen molar-refractivity contribution in [3.63, 3.8) is 0 Å². The maximum atomic E-state index is 12.5. The van der Waals surface area contributed by atoms with Gasteiger partial charge in [-0.05, 0) is 23.1 Å². The van der Waals surface area contributed by atoms with E-state index in [1.165, 1.54) is 0 Å². The van der Waals surface area contributed by atoms with Crippen LogP contribution in [0.3, 0.4) is 0 Å². The molecule has 0 aliphatic rings. The van der Waals surface area contributed by atoms with Crippen molar-refractivity contribution in [3.05, 3.63) is 108 Å². The zero-order chi connectivity index (χ0) is 23.0. The van der Waals surface area contributed by atoms with Crippen molar-refractivity contribution in [2.24, 2.45) is 17.4 Å².